The van der Waals surface area contributed by atoms with Crippen molar-refractivity contribution in [2.75, 3.05) is 0 Å². The molecule has 2 N–H and O–H groups in total. The molecule has 1 atom stereocenters. The van der Waals surface area contributed by atoms with Crippen LogP contribution in [0, 0.1) is 0 Å². The summed E-state index contributed by atoms with van der Waals surface area (Å²) < 4.78 is 1.76. The lowest BCUT2D eigenvalue weighted by molar-refractivity contribution is -0.119. The van der Waals surface area contributed by atoms with Gasteiger partial charge < -0.3 is 5.73 Å². The molecular weight excluding hydrogens is 166 g/mol. The quantitative estimate of drug-likeness (QED) is 0.561. The number of nitrogens with zero attached hydrogens (tertiary/aromatic N) is 2. The van der Waals surface area contributed by atoms with Gasteiger partial charge in [0.2, 0.25) is 0 Å². The Morgan fingerprint density at radius 3 is 3.23 bits per heavy atom. The van der Waals surface area contributed by atoms with E-state index in [-0.39, 0.29) is 11.8 Å². The Balaban J connectivity index is 2.33. The van der Waals surface area contributed by atoms with Gasteiger partial charge >= 0.3 is 0 Å². The van der Waals surface area contributed by atoms with E-state index in [1.807, 2.05) is 13.2 Å². The molecule has 70 valence electrons. The fraction of sp³-hybridized carbons (Fsp3) is 0.556. The monoisotopic (exact) mass is 179 g/mol. The smallest absolute Gasteiger partial charge is 0.154 e. The van der Waals surface area contributed by atoms with E-state index in [1.165, 1.54) is 0 Å². The molecule has 0 fully saturated rings. The van der Waals surface area contributed by atoms with Crippen LogP contribution in [0.5, 0.6) is 0 Å². The van der Waals surface area contributed by atoms with Crippen LogP contribution >= 0.6 is 0 Å². The Bertz CT molecular complexity index is 343. The van der Waals surface area contributed by atoms with Crippen LogP contribution in [-0.2, 0) is 24.7 Å². The van der Waals surface area contributed by atoms with Crippen LogP contribution in [0.4, 0.5) is 0 Å². The van der Waals surface area contributed by atoms with E-state index in [1.54, 1.807) is 4.68 Å². The standard InChI is InChI=1S/C9H13N3O/c1-12-5-6-4-9(13)7(10)2-3-8(6)11-12/h5,7H,2-4,10H2,1H3. The molecule has 0 aromatic carbocycles. The highest BCUT2D eigenvalue weighted by Gasteiger charge is 2.22. The molecule has 0 radical (unpaired) electrons. The van der Waals surface area contributed by atoms with Crippen LogP contribution in [-0.4, -0.2) is 21.6 Å². The van der Waals surface area contributed by atoms with Crippen molar-refractivity contribution in [1.29, 1.82) is 0 Å². The summed E-state index contributed by atoms with van der Waals surface area (Å²) in [4.78, 5) is 11.4. The number of nitrogens with two attached hydrogens (primary N) is 1. The normalized spacial score (nSPS) is 22.6. The van der Waals surface area contributed by atoms with Crippen molar-refractivity contribution in [3.05, 3.63) is 17.5 Å². The maximum atomic E-state index is 11.4. The molecule has 1 heterocycles. The Hall–Kier alpha value is -1.16. The predicted molar refractivity (Wildman–Crippen MR) is 48.2 cm³/mol. The van der Waals surface area contributed by atoms with Crippen molar-refractivity contribution < 1.29 is 4.79 Å². The molecule has 0 saturated carbocycles. The summed E-state index contributed by atoms with van der Waals surface area (Å²) in [6, 6.07) is -0.292. The van der Waals surface area contributed by atoms with E-state index in [0.717, 1.165) is 24.1 Å². The van der Waals surface area contributed by atoms with Crippen LogP contribution < -0.4 is 5.73 Å². The van der Waals surface area contributed by atoms with Crippen molar-refractivity contribution in [2.24, 2.45) is 12.8 Å². The van der Waals surface area contributed by atoms with Gasteiger partial charge in [0.05, 0.1) is 11.7 Å². The van der Waals surface area contributed by atoms with Gasteiger partial charge in [0.15, 0.2) is 5.78 Å². The van der Waals surface area contributed by atoms with E-state index in [9.17, 15) is 4.79 Å². The number of Topliss-reactive ketones (excluding diaryl/α,β-unsaturated/α-hetero) is 1. The highest BCUT2D eigenvalue weighted by atomic mass is 16.1. The first-order valence-electron chi connectivity index (χ1n) is 4.46. The van der Waals surface area contributed by atoms with Gasteiger partial charge in [0.25, 0.3) is 0 Å². The molecule has 1 aromatic rings. The van der Waals surface area contributed by atoms with Gasteiger partial charge in [-0.25, -0.2) is 0 Å². The van der Waals surface area contributed by atoms with Gasteiger partial charge in [-0.3, -0.25) is 9.48 Å². The van der Waals surface area contributed by atoms with Crippen molar-refractivity contribution >= 4 is 5.78 Å². The molecule has 0 aliphatic heterocycles. The SMILES string of the molecule is Cn1cc2c(n1)CCC(N)C(=O)C2. The second-order valence-corrected chi connectivity index (χ2v) is 3.56. The van der Waals surface area contributed by atoms with Crippen molar-refractivity contribution in [3.63, 3.8) is 0 Å². The highest BCUT2D eigenvalue weighted by molar-refractivity contribution is 5.86. The number of rotatable bonds is 0. The molecule has 0 spiro atoms. The molecule has 0 bridgehead atoms. The van der Waals surface area contributed by atoms with Crippen LogP contribution in [0.1, 0.15) is 17.7 Å². The van der Waals surface area contributed by atoms with Gasteiger partial charge in [-0.1, -0.05) is 0 Å². The number of carbonyl (C=O) groups is 1. The lowest BCUT2D eigenvalue weighted by Gasteiger charge is -2.03. The Morgan fingerprint density at radius 2 is 2.46 bits per heavy atom. The molecule has 1 aromatic heterocycles. The molecule has 0 amide bonds. The summed E-state index contributed by atoms with van der Waals surface area (Å²) in [6.45, 7) is 0. The minimum absolute atomic E-state index is 0.131. The van der Waals surface area contributed by atoms with Gasteiger partial charge in [0.1, 0.15) is 0 Å². The van der Waals surface area contributed by atoms with Crippen LogP contribution in [0.25, 0.3) is 0 Å². The minimum atomic E-state index is -0.292. The lowest BCUT2D eigenvalue weighted by atomic mass is 10.1. The number of hydrogen-bond donors (Lipinski definition) is 1. The minimum Gasteiger partial charge on any atom is -0.321 e. The molecule has 1 aliphatic carbocycles. The summed E-state index contributed by atoms with van der Waals surface area (Å²) in [7, 11) is 1.87. The van der Waals surface area contributed by atoms with Gasteiger partial charge in [-0.15, -0.1) is 0 Å². The summed E-state index contributed by atoms with van der Waals surface area (Å²) in [5.74, 6) is 0.131. The zero-order chi connectivity index (χ0) is 9.42. The maximum absolute atomic E-state index is 11.4. The predicted octanol–water partition coefficient (Wildman–Crippen LogP) is -0.195. The second-order valence-electron chi connectivity index (χ2n) is 3.56. The van der Waals surface area contributed by atoms with E-state index in [2.05, 4.69) is 5.10 Å². The van der Waals surface area contributed by atoms with Crippen molar-refractivity contribution in [1.82, 2.24) is 9.78 Å². The molecule has 1 aliphatic rings. The number of hydrogen-bond acceptors (Lipinski definition) is 3. The molecular formula is C9H13N3O. The average Bonchev–Trinajstić information content (AvgIpc) is 2.36. The number of aromatic nitrogens is 2. The number of ketones is 1. The average molecular weight is 179 g/mol. The Labute approximate surface area is 76.7 Å². The Morgan fingerprint density at radius 1 is 1.69 bits per heavy atom. The fourth-order valence-corrected chi connectivity index (χ4v) is 1.71. The van der Waals surface area contributed by atoms with Crippen LogP contribution in [0.15, 0.2) is 6.20 Å². The van der Waals surface area contributed by atoms with E-state index >= 15 is 0 Å². The number of fused-ring (bicyclic) bond motifs is 1. The van der Waals surface area contributed by atoms with Gasteiger partial charge in [-0.05, 0) is 12.8 Å². The first-order chi connectivity index (χ1) is 6.16. The summed E-state index contributed by atoms with van der Waals surface area (Å²) in [5, 5.41) is 4.29. The number of carbonyl (C=O) groups excluding carboxylic acids is 1. The molecule has 0 saturated heterocycles. The Kier molecular flexibility index (Phi) is 1.92. The van der Waals surface area contributed by atoms with E-state index in [4.69, 9.17) is 5.73 Å². The topological polar surface area (TPSA) is 60.9 Å². The van der Waals surface area contributed by atoms with Crippen LogP contribution in [0.2, 0.25) is 0 Å². The van der Waals surface area contributed by atoms with E-state index < -0.39 is 0 Å². The summed E-state index contributed by atoms with van der Waals surface area (Å²) in [6.07, 6.45) is 3.90. The third kappa shape index (κ3) is 1.49. The molecule has 1 unspecified atom stereocenters. The maximum Gasteiger partial charge on any atom is 0.154 e. The van der Waals surface area contributed by atoms with Crippen LogP contribution in [0.3, 0.4) is 0 Å². The van der Waals surface area contributed by atoms with Crippen molar-refractivity contribution in [3.8, 4) is 0 Å². The lowest BCUT2D eigenvalue weighted by Crippen LogP contribution is -2.30. The van der Waals surface area contributed by atoms with Gasteiger partial charge in [0, 0.05) is 25.2 Å². The number of aryl methyl sites for hydroxylation is 2. The second kappa shape index (κ2) is 2.96. The molecule has 2 rings (SSSR count). The van der Waals surface area contributed by atoms with Crippen molar-refractivity contribution in [2.45, 2.75) is 25.3 Å². The zero-order valence-electron chi connectivity index (χ0n) is 7.66. The molecule has 4 heteroatoms. The third-order valence-electron chi connectivity index (χ3n) is 2.46. The van der Waals surface area contributed by atoms with E-state index in [0.29, 0.717) is 6.42 Å². The van der Waals surface area contributed by atoms with Gasteiger partial charge in [-0.2, -0.15) is 5.10 Å². The summed E-state index contributed by atoms with van der Waals surface area (Å²) >= 11 is 0. The largest absolute Gasteiger partial charge is 0.321 e. The first kappa shape index (κ1) is 8.44. The first-order valence-corrected chi connectivity index (χ1v) is 4.46. The molecule has 4 nitrogen and oxygen atoms in total. The third-order valence-corrected chi connectivity index (χ3v) is 2.46. The fourth-order valence-electron chi connectivity index (χ4n) is 1.71. The highest BCUT2D eigenvalue weighted by Crippen LogP contribution is 2.16. The zero-order valence-corrected chi connectivity index (χ0v) is 7.66. The molecule has 13 heavy (non-hydrogen) atoms. The summed E-state index contributed by atoms with van der Waals surface area (Å²) in [5.41, 5.74) is 7.74.